The van der Waals surface area contributed by atoms with E-state index in [4.69, 9.17) is 4.74 Å². The quantitative estimate of drug-likeness (QED) is 0.735. The van der Waals surface area contributed by atoms with E-state index >= 15 is 0 Å². The number of aromatic nitrogens is 1. The average molecular weight is 214 g/mol. The zero-order chi connectivity index (χ0) is 10.4. The Bertz CT molecular complexity index is 262. The van der Waals surface area contributed by atoms with Crippen LogP contribution in [0.3, 0.4) is 0 Å². The van der Waals surface area contributed by atoms with Crippen molar-refractivity contribution in [3.05, 3.63) is 16.1 Å². The predicted molar refractivity (Wildman–Crippen MR) is 59.8 cm³/mol. The standard InChI is InChI=1S/C10H18N2OS/c1-4-13-6-5-10-12-9(7-14-10)8(2)11-3/h7-8,11H,4-6H2,1-3H3. The van der Waals surface area contributed by atoms with Gasteiger partial charge in [0.05, 0.1) is 17.3 Å². The summed E-state index contributed by atoms with van der Waals surface area (Å²) >= 11 is 1.71. The molecule has 1 atom stereocenters. The zero-order valence-corrected chi connectivity index (χ0v) is 9.86. The molecule has 0 aliphatic heterocycles. The fraction of sp³-hybridized carbons (Fsp3) is 0.700. The molecule has 3 nitrogen and oxygen atoms in total. The number of nitrogens with zero attached hydrogens (tertiary/aromatic N) is 1. The molecule has 80 valence electrons. The molecule has 0 bridgehead atoms. The summed E-state index contributed by atoms with van der Waals surface area (Å²) in [5.41, 5.74) is 1.13. The maximum Gasteiger partial charge on any atom is 0.0951 e. The molecule has 0 aliphatic carbocycles. The summed E-state index contributed by atoms with van der Waals surface area (Å²) in [5, 5.41) is 6.45. The van der Waals surface area contributed by atoms with Gasteiger partial charge in [0.25, 0.3) is 0 Å². The van der Waals surface area contributed by atoms with Crippen LogP contribution in [0.15, 0.2) is 5.38 Å². The third-order valence-electron chi connectivity index (χ3n) is 2.11. The van der Waals surface area contributed by atoms with E-state index in [-0.39, 0.29) is 0 Å². The molecule has 0 saturated carbocycles. The van der Waals surface area contributed by atoms with Gasteiger partial charge in [0.15, 0.2) is 0 Å². The zero-order valence-electron chi connectivity index (χ0n) is 9.04. The second-order valence-electron chi connectivity index (χ2n) is 3.12. The molecule has 1 rings (SSSR count). The number of thiazole rings is 1. The van der Waals surface area contributed by atoms with Crippen molar-refractivity contribution < 1.29 is 4.74 Å². The highest BCUT2D eigenvalue weighted by molar-refractivity contribution is 7.09. The van der Waals surface area contributed by atoms with Gasteiger partial charge in [-0.1, -0.05) is 0 Å². The molecule has 0 aliphatic rings. The van der Waals surface area contributed by atoms with E-state index in [1.807, 2.05) is 14.0 Å². The lowest BCUT2D eigenvalue weighted by Gasteiger charge is -2.04. The molecule has 1 aromatic heterocycles. The number of ether oxygens (including phenoxy) is 1. The van der Waals surface area contributed by atoms with E-state index in [2.05, 4.69) is 22.6 Å². The molecular formula is C10H18N2OS. The van der Waals surface area contributed by atoms with Crippen LogP contribution in [0.1, 0.15) is 30.6 Å². The van der Waals surface area contributed by atoms with Gasteiger partial charge in [-0.05, 0) is 20.9 Å². The van der Waals surface area contributed by atoms with Gasteiger partial charge in [0.2, 0.25) is 0 Å². The Morgan fingerprint density at radius 2 is 2.43 bits per heavy atom. The fourth-order valence-corrected chi connectivity index (χ4v) is 1.96. The molecule has 0 spiro atoms. The summed E-state index contributed by atoms with van der Waals surface area (Å²) in [6.45, 7) is 5.68. The Hall–Kier alpha value is -0.450. The summed E-state index contributed by atoms with van der Waals surface area (Å²) in [5.74, 6) is 0. The lowest BCUT2D eigenvalue weighted by Crippen LogP contribution is -2.12. The van der Waals surface area contributed by atoms with Crippen molar-refractivity contribution >= 4 is 11.3 Å². The van der Waals surface area contributed by atoms with E-state index < -0.39 is 0 Å². The van der Waals surface area contributed by atoms with Crippen LogP contribution in [0.25, 0.3) is 0 Å². The Labute approximate surface area is 89.5 Å². The first-order chi connectivity index (χ1) is 6.77. The summed E-state index contributed by atoms with van der Waals surface area (Å²) in [7, 11) is 1.95. The third-order valence-corrected chi connectivity index (χ3v) is 3.04. The van der Waals surface area contributed by atoms with Crippen LogP contribution in [-0.2, 0) is 11.2 Å². The second-order valence-corrected chi connectivity index (χ2v) is 4.07. The van der Waals surface area contributed by atoms with Crippen molar-refractivity contribution in [3.63, 3.8) is 0 Å². The van der Waals surface area contributed by atoms with Crippen LogP contribution in [0, 0.1) is 0 Å². The highest BCUT2D eigenvalue weighted by Crippen LogP contribution is 2.16. The van der Waals surface area contributed by atoms with Crippen molar-refractivity contribution in [2.24, 2.45) is 0 Å². The normalized spacial score (nSPS) is 13.1. The highest BCUT2D eigenvalue weighted by Gasteiger charge is 2.07. The fourth-order valence-electron chi connectivity index (χ4n) is 1.09. The first-order valence-corrected chi connectivity index (χ1v) is 5.85. The van der Waals surface area contributed by atoms with E-state index in [1.165, 1.54) is 0 Å². The second kappa shape index (κ2) is 6.11. The monoisotopic (exact) mass is 214 g/mol. The van der Waals surface area contributed by atoms with Gasteiger partial charge in [0.1, 0.15) is 0 Å². The van der Waals surface area contributed by atoms with Crippen molar-refractivity contribution in [2.75, 3.05) is 20.3 Å². The highest BCUT2D eigenvalue weighted by atomic mass is 32.1. The van der Waals surface area contributed by atoms with Crippen LogP contribution in [-0.4, -0.2) is 25.2 Å². The molecule has 0 aromatic carbocycles. The van der Waals surface area contributed by atoms with Gasteiger partial charge in [-0.25, -0.2) is 4.98 Å². The minimum absolute atomic E-state index is 0.340. The van der Waals surface area contributed by atoms with E-state index in [0.717, 1.165) is 30.3 Å². The van der Waals surface area contributed by atoms with Crippen LogP contribution in [0.5, 0.6) is 0 Å². The van der Waals surface area contributed by atoms with Crippen molar-refractivity contribution in [2.45, 2.75) is 26.3 Å². The summed E-state index contributed by atoms with van der Waals surface area (Å²) < 4.78 is 5.28. The van der Waals surface area contributed by atoms with Gasteiger partial charge in [-0.3, -0.25) is 0 Å². The molecule has 1 heterocycles. The Morgan fingerprint density at radius 1 is 1.64 bits per heavy atom. The molecule has 0 fully saturated rings. The molecule has 0 amide bonds. The summed E-state index contributed by atoms with van der Waals surface area (Å²) in [4.78, 5) is 4.53. The van der Waals surface area contributed by atoms with Crippen LogP contribution in [0.4, 0.5) is 0 Å². The van der Waals surface area contributed by atoms with Crippen LogP contribution in [0.2, 0.25) is 0 Å². The first-order valence-electron chi connectivity index (χ1n) is 4.97. The van der Waals surface area contributed by atoms with Crippen molar-refractivity contribution in [1.82, 2.24) is 10.3 Å². The molecule has 14 heavy (non-hydrogen) atoms. The minimum atomic E-state index is 0.340. The molecule has 0 saturated heterocycles. The summed E-state index contributed by atoms with van der Waals surface area (Å²) in [6.07, 6.45) is 0.926. The molecular weight excluding hydrogens is 196 g/mol. The first kappa shape index (κ1) is 11.6. The molecule has 1 unspecified atom stereocenters. The number of hydrogen-bond acceptors (Lipinski definition) is 4. The lowest BCUT2D eigenvalue weighted by atomic mass is 10.3. The lowest BCUT2D eigenvalue weighted by molar-refractivity contribution is 0.151. The molecule has 4 heteroatoms. The van der Waals surface area contributed by atoms with E-state index in [1.54, 1.807) is 11.3 Å². The number of nitrogens with one attached hydrogen (secondary N) is 1. The SMILES string of the molecule is CCOCCc1nc(C(C)NC)cs1. The van der Waals surface area contributed by atoms with Gasteiger partial charge in [-0.2, -0.15) is 0 Å². The third kappa shape index (κ3) is 3.36. The largest absolute Gasteiger partial charge is 0.381 e. The van der Waals surface area contributed by atoms with Crippen molar-refractivity contribution in [3.8, 4) is 0 Å². The number of hydrogen-bond donors (Lipinski definition) is 1. The van der Waals surface area contributed by atoms with Crippen LogP contribution < -0.4 is 5.32 Å². The minimum Gasteiger partial charge on any atom is -0.381 e. The Morgan fingerprint density at radius 3 is 3.07 bits per heavy atom. The van der Waals surface area contributed by atoms with Crippen molar-refractivity contribution in [1.29, 1.82) is 0 Å². The van der Waals surface area contributed by atoms with Gasteiger partial charge < -0.3 is 10.1 Å². The van der Waals surface area contributed by atoms with E-state index in [9.17, 15) is 0 Å². The average Bonchev–Trinajstić information content (AvgIpc) is 2.66. The Balaban J connectivity index is 2.42. The summed E-state index contributed by atoms with van der Waals surface area (Å²) in [6, 6.07) is 0.340. The predicted octanol–water partition coefficient (Wildman–Crippen LogP) is 2.00. The van der Waals surface area contributed by atoms with Crippen LogP contribution >= 0.6 is 11.3 Å². The maximum atomic E-state index is 5.28. The number of rotatable bonds is 6. The maximum absolute atomic E-state index is 5.28. The van der Waals surface area contributed by atoms with Gasteiger partial charge in [-0.15, -0.1) is 11.3 Å². The molecule has 1 N–H and O–H groups in total. The molecule has 0 radical (unpaired) electrons. The molecule has 1 aromatic rings. The van der Waals surface area contributed by atoms with Gasteiger partial charge >= 0.3 is 0 Å². The van der Waals surface area contributed by atoms with E-state index in [0.29, 0.717) is 6.04 Å². The topological polar surface area (TPSA) is 34.1 Å². The smallest absolute Gasteiger partial charge is 0.0951 e. The Kier molecular flexibility index (Phi) is 5.07. The van der Waals surface area contributed by atoms with Gasteiger partial charge in [0, 0.05) is 24.4 Å².